The summed E-state index contributed by atoms with van der Waals surface area (Å²) in [6.07, 6.45) is 6.77. The maximum Gasteiger partial charge on any atom is 0.251 e. The highest BCUT2D eigenvalue weighted by Gasteiger charge is 2.48. The fourth-order valence-corrected chi connectivity index (χ4v) is 5.29. The molecule has 3 heteroatoms. The van der Waals surface area contributed by atoms with Crippen molar-refractivity contribution in [2.45, 2.75) is 45.1 Å². The van der Waals surface area contributed by atoms with Gasteiger partial charge >= 0.3 is 0 Å². The van der Waals surface area contributed by atoms with Gasteiger partial charge in [0.2, 0.25) is 0 Å². The lowest BCUT2D eigenvalue weighted by molar-refractivity contribution is -0.0119. The predicted octanol–water partition coefficient (Wildman–Crippen LogP) is 3.64. The molecule has 5 rings (SSSR count). The van der Waals surface area contributed by atoms with E-state index >= 15 is 0 Å². The van der Waals surface area contributed by atoms with E-state index in [4.69, 9.17) is 4.74 Å². The van der Waals surface area contributed by atoms with E-state index in [0.717, 1.165) is 35.0 Å². The van der Waals surface area contributed by atoms with E-state index in [1.165, 1.54) is 32.1 Å². The topological polar surface area (TPSA) is 38.3 Å². The molecule has 1 aromatic rings. The molecule has 4 aliphatic carbocycles. The fourth-order valence-electron chi connectivity index (χ4n) is 5.29. The zero-order chi connectivity index (χ0) is 15.1. The van der Waals surface area contributed by atoms with Crippen LogP contribution in [0.25, 0.3) is 0 Å². The van der Waals surface area contributed by atoms with Crippen LogP contribution in [0.3, 0.4) is 0 Å². The number of hydrogen-bond acceptors (Lipinski definition) is 2. The Bertz CT molecular complexity index is 540. The molecule has 0 heterocycles. The average molecular weight is 299 g/mol. The van der Waals surface area contributed by atoms with Crippen LogP contribution >= 0.6 is 0 Å². The average Bonchev–Trinajstić information content (AvgIpc) is 2.50. The smallest absolute Gasteiger partial charge is 0.251 e. The Morgan fingerprint density at radius 2 is 1.82 bits per heavy atom. The number of benzene rings is 1. The van der Waals surface area contributed by atoms with E-state index in [0.29, 0.717) is 12.6 Å². The number of carbonyl (C=O) groups is 1. The van der Waals surface area contributed by atoms with Crippen LogP contribution in [0.1, 0.15) is 49.4 Å². The number of hydrogen-bond donors (Lipinski definition) is 1. The molecule has 1 N–H and O–H groups in total. The van der Waals surface area contributed by atoms with Crippen LogP contribution in [0.5, 0.6) is 5.75 Å². The van der Waals surface area contributed by atoms with Crippen LogP contribution in [0.2, 0.25) is 0 Å². The van der Waals surface area contributed by atoms with Crippen molar-refractivity contribution >= 4 is 5.91 Å². The molecular weight excluding hydrogens is 274 g/mol. The maximum atomic E-state index is 12.6. The molecular formula is C19H25NO2. The van der Waals surface area contributed by atoms with Crippen LogP contribution < -0.4 is 10.1 Å². The van der Waals surface area contributed by atoms with Gasteiger partial charge in [0.1, 0.15) is 5.75 Å². The summed E-state index contributed by atoms with van der Waals surface area (Å²) >= 11 is 0. The van der Waals surface area contributed by atoms with Gasteiger partial charge in [-0.3, -0.25) is 4.79 Å². The summed E-state index contributed by atoms with van der Waals surface area (Å²) in [6, 6.07) is 7.94. The van der Waals surface area contributed by atoms with Crippen molar-refractivity contribution in [3.8, 4) is 5.75 Å². The summed E-state index contributed by atoms with van der Waals surface area (Å²) in [4.78, 5) is 12.6. The number of ether oxygens (including phenoxy) is 1. The normalized spacial score (nSPS) is 35.4. The van der Waals surface area contributed by atoms with Crippen molar-refractivity contribution in [1.82, 2.24) is 5.32 Å². The Kier molecular flexibility index (Phi) is 3.59. The van der Waals surface area contributed by atoms with Crippen molar-refractivity contribution in [1.29, 1.82) is 0 Å². The molecule has 1 aromatic carbocycles. The van der Waals surface area contributed by atoms with Gasteiger partial charge in [-0.1, -0.05) is 6.07 Å². The van der Waals surface area contributed by atoms with Gasteiger partial charge in [-0.15, -0.1) is 0 Å². The van der Waals surface area contributed by atoms with E-state index in [9.17, 15) is 4.79 Å². The first-order valence-electron chi connectivity index (χ1n) is 8.76. The molecule has 22 heavy (non-hydrogen) atoms. The van der Waals surface area contributed by atoms with Crippen LogP contribution in [-0.4, -0.2) is 18.6 Å². The summed E-state index contributed by atoms with van der Waals surface area (Å²) < 4.78 is 5.50. The summed E-state index contributed by atoms with van der Waals surface area (Å²) in [5, 5.41) is 3.35. The van der Waals surface area contributed by atoms with Gasteiger partial charge in [-0.2, -0.15) is 0 Å². The van der Waals surface area contributed by atoms with Crippen molar-refractivity contribution in [2.24, 2.45) is 23.7 Å². The zero-order valence-corrected chi connectivity index (χ0v) is 13.3. The molecule has 0 unspecified atom stereocenters. The minimum absolute atomic E-state index is 0.0685. The standard InChI is InChI=1S/C19H25NO2/c1-2-22-17-5-3-4-14(11-17)19(21)20-18-15-7-12-6-13(9-15)10-16(18)8-12/h3-5,11-13,15-16,18H,2,6-10H2,1H3,(H,20,21). The van der Waals surface area contributed by atoms with Crippen molar-refractivity contribution < 1.29 is 9.53 Å². The van der Waals surface area contributed by atoms with Crippen LogP contribution in [-0.2, 0) is 0 Å². The lowest BCUT2D eigenvalue weighted by atomic mass is 9.54. The lowest BCUT2D eigenvalue weighted by Crippen LogP contribution is -2.55. The lowest BCUT2D eigenvalue weighted by Gasteiger charge is -2.54. The molecule has 1 amide bonds. The van der Waals surface area contributed by atoms with Gasteiger partial charge < -0.3 is 10.1 Å². The Morgan fingerprint density at radius 3 is 2.45 bits per heavy atom. The van der Waals surface area contributed by atoms with Gasteiger partial charge in [0, 0.05) is 11.6 Å². The van der Waals surface area contributed by atoms with Gasteiger partial charge in [0.05, 0.1) is 6.61 Å². The SMILES string of the molecule is CCOc1cccc(C(=O)NC2C3CC4CC(C3)CC2C4)c1. The van der Waals surface area contributed by atoms with Crippen LogP contribution in [0.4, 0.5) is 0 Å². The van der Waals surface area contributed by atoms with Crippen molar-refractivity contribution in [3.05, 3.63) is 29.8 Å². The van der Waals surface area contributed by atoms with E-state index in [2.05, 4.69) is 5.32 Å². The largest absolute Gasteiger partial charge is 0.494 e. The highest BCUT2D eigenvalue weighted by Crippen LogP contribution is 2.53. The second-order valence-electron chi connectivity index (χ2n) is 7.39. The Morgan fingerprint density at radius 1 is 1.14 bits per heavy atom. The number of amides is 1. The Hall–Kier alpha value is -1.51. The molecule has 0 saturated heterocycles. The maximum absolute atomic E-state index is 12.6. The molecule has 4 saturated carbocycles. The number of carbonyl (C=O) groups excluding carboxylic acids is 1. The third-order valence-electron chi connectivity index (χ3n) is 5.93. The van der Waals surface area contributed by atoms with Crippen LogP contribution in [0, 0.1) is 23.7 Å². The number of rotatable bonds is 4. The monoisotopic (exact) mass is 299 g/mol. The quantitative estimate of drug-likeness (QED) is 0.922. The Balaban J connectivity index is 1.47. The molecule has 0 aromatic heterocycles. The molecule has 4 aliphatic rings. The highest BCUT2D eigenvalue weighted by molar-refractivity contribution is 5.94. The van der Waals surface area contributed by atoms with Gasteiger partial charge in [0.15, 0.2) is 0 Å². The van der Waals surface area contributed by atoms with E-state index < -0.39 is 0 Å². The molecule has 118 valence electrons. The molecule has 0 spiro atoms. The van der Waals surface area contributed by atoms with Gasteiger partial charge in [-0.25, -0.2) is 0 Å². The summed E-state index contributed by atoms with van der Waals surface area (Å²) in [7, 11) is 0. The summed E-state index contributed by atoms with van der Waals surface area (Å²) in [5.41, 5.74) is 0.722. The van der Waals surface area contributed by atoms with Crippen LogP contribution in [0.15, 0.2) is 24.3 Å². The minimum Gasteiger partial charge on any atom is -0.494 e. The first-order valence-corrected chi connectivity index (χ1v) is 8.76. The molecule has 0 atom stereocenters. The van der Waals surface area contributed by atoms with Gasteiger partial charge in [-0.05, 0) is 80.9 Å². The third-order valence-corrected chi connectivity index (χ3v) is 5.93. The zero-order valence-electron chi connectivity index (χ0n) is 13.3. The second kappa shape index (κ2) is 5.60. The van der Waals surface area contributed by atoms with E-state index in [-0.39, 0.29) is 5.91 Å². The predicted molar refractivity (Wildman–Crippen MR) is 85.9 cm³/mol. The summed E-state index contributed by atoms with van der Waals surface area (Å²) in [6.45, 7) is 2.59. The molecule has 0 radical (unpaired) electrons. The third kappa shape index (κ3) is 2.51. The van der Waals surface area contributed by atoms with E-state index in [1.54, 1.807) is 0 Å². The van der Waals surface area contributed by atoms with Crippen molar-refractivity contribution in [2.75, 3.05) is 6.61 Å². The fraction of sp³-hybridized carbons (Fsp3) is 0.632. The highest BCUT2D eigenvalue weighted by atomic mass is 16.5. The molecule has 4 bridgehead atoms. The van der Waals surface area contributed by atoms with Gasteiger partial charge in [0.25, 0.3) is 5.91 Å². The Labute approximate surface area is 132 Å². The second-order valence-corrected chi connectivity index (χ2v) is 7.39. The molecule has 0 aliphatic heterocycles. The van der Waals surface area contributed by atoms with E-state index in [1.807, 2.05) is 31.2 Å². The minimum atomic E-state index is 0.0685. The summed E-state index contributed by atoms with van der Waals surface area (Å²) in [5.74, 6) is 4.17. The first-order chi connectivity index (χ1) is 10.7. The van der Waals surface area contributed by atoms with Crippen molar-refractivity contribution in [3.63, 3.8) is 0 Å². The first kappa shape index (κ1) is 14.1. The molecule has 3 nitrogen and oxygen atoms in total. The molecule has 4 fully saturated rings. The number of nitrogens with one attached hydrogen (secondary N) is 1.